The van der Waals surface area contributed by atoms with Crippen LogP contribution in [0.25, 0.3) is 0 Å². The van der Waals surface area contributed by atoms with Gasteiger partial charge in [-0.25, -0.2) is 0 Å². The van der Waals surface area contributed by atoms with Crippen LogP contribution < -0.4 is 21.7 Å². The summed E-state index contributed by atoms with van der Waals surface area (Å²) in [5.74, 6) is -1.45. The molecule has 3 atom stereocenters. The summed E-state index contributed by atoms with van der Waals surface area (Å²) < 4.78 is 1.45. The van der Waals surface area contributed by atoms with Gasteiger partial charge in [0.1, 0.15) is 12.1 Å². The first-order valence-corrected chi connectivity index (χ1v) is 10.2. The minimum Gasteiger partial charge on any atom is -0.368 e. The molecule has 0 spiro atoms. The molecule has 2 saturated heterocycles. The fourth-order valence-corrected chi connectivity index (χ4v) is 4.29. The molecule has 28 heavy (non-hydrogen) atoms. The first-order valence-electron chi connectivity index (χ1n) is 9.34. The number of primary amides is 1. The van der Waals surface area contributed by atoms with Crippen molar-refractivity contribution >= 4 is 35.6 Å². The molecule has 0 aromatic carbocycles. The molecule has 0 aliphatic carbocycles. The molecule has 11 heteroatoms. The Morgan fingerprint density at radius 2 is 2.21 bits per heavy atom. The molecule has 0 aromatic rings. The molecule has 0 bridgehead atoms. The molecule has 3 rings (SSSR count). The van der Waals surface area contributed by atoms with Crippen molar-refractivity contribution in [1.82, 2.24) is 25.2 Å². The van der Waals surface area contributed by atoms with Crippen LogP contribution in [0.3, 0.4) is 0 Å². The van der Waals surface area contributed by atoms with E-state index < -0.39 is 23.9 Å². The molecule has 10 nitrogen and oxygen atoms in total. The van der Waals surface area contributed by atoms with Gasteiger partial charge in [-0.2, -0.15) is 0 Å². The van der Waals surface area contributed by atoms with Gasteiger partial charge in [-0.15, -0.1) is 0 Å². The van der Waals surface area contributed by atoms with Crippen molar-refractivity contribution < 1.29 is 19.2 Å². The average Bonchev–Trinajstić information content (AvgIpc) is 3.34. The first-order chi connectivity index (χ1) is 13.4. The zero-order chi connectivity index (χ0) is 20.3. The van der Waals surface area contributed by atoms with Gasteiger partial charge in [0.05, 0.1) is 6.42 Å². The van der Waals surface area contributed by atoms with Crippen LogP contribution in [-0.2, 0) is 19.2 Å². The van der Waals surface area contributed by atoms with E-state index in [1.807, 2.05) is 0 Å². The summed E-state index contributed by atoms with van der Waals surface area (Å²) in [6.07, 6.45) is 1.61. The van der Waals surface area contributed by atoms with Crippen molar-refractivity contribution in [2.24, 2.45) is 5.73 Å². The molecular weight excluding hydrogens is 384 g/mol. The van der Waals surface area contributed by atoms with E-state index >= 15 is 0 Å². The fraction of sp³-hybridized carbons (Fsp3) is 0.647. The van der Waals surface area contributed by atoms with Crippen LogP contribution in [0.1, 0.15) is 25.7 Å². The maximum Gasteiger partial charge on any atom is 0.248 e. The van der Waals surface area contributed by atoms with E-state index in [9.17, 15) is 19.2 Å². The largest absolute Gasteiger partial charge is 0.368 e. The third-order valence-corrected chi connectivity index (χ3v) is 6.14. The van der Waals surface area contributed by atoms with E-state index in [0.29, 0.717) is 44.6 Å². The Balaban J connectivity index is 1.73. The third-order valence-electron chi connectivity index (χ3n) is 5.23. The number of hydrogen-bond acceptors (Lipinski definition) is 7. The number of amides is 4. The van der Waals surface area contributed by atoms with Crippen molar-refractivity contribution in [3.63, 3.8) is 0 Å². The summed E-state index contributed by atoms with van der Waals surface area (Å²) >= 11 is 1.14. The van der Waals surface area contributed by atoms with Gasteiger partial charge in [0, 0.05) is 43.8 Å². The van der Waals surface area contributed by atoms with E-state index in [4.69, 9.17) is 5.73 Å². The summed E-state index contributed by atoms with van der Waals surface area (Å²) in [7, 11) is 1.64. The SMILES string of the molecule is CN1SC=C(C(=O)N[C@@H](CC2CNCN2)C(=O)N2CCC[C@H]2C(N)=O)CC1=O. The maximum atomic E-state index is 13.1. The quantitative estimate of drug-likeness (QED) is 0.381. The van der Waals surface area contributed by atoms with E-state index in [2.05, 4.69) is 16.0 Å². The Morgan fingerprint density at radius 1 is 1.43 bits per heavy atom. The van der Waals surface area contributed by atoms with Crippen LogP contribution in [0.15, 0.2) is 11.0 Å². The number of rotatable bonds is 6. The lowest BCUT2D eigenvalue weighted by atomic mass is 10.0. The Kier molecular flexibility index (Phi) is 6.57. The number of nitrogens with two attached hydrogens (primary N) is 1. The van der Waals surface area contributed by atoms with Gasteiger partial charge in [-0.05, 0) is 31.2 Å². The molecule has 0 aromatic heterocycles. The average molecular weight is 411 g/mol. The second-order valence-electron chi connectivity index (χ2n) is 7.20. The zero-order valence-electron chi connectivity index (χ0n) is 15.8. The van der Waals surface area contributed by atoms with Gasteiger partial charge in [-0.3, -0.25) is 23.5 Å². The molecule has 5 N–H and O–H groups in total. The molecule has 154 valence electrons. The molecule has 4 amide bonds. The standard InChI is InChI=1S/C17H26N6O4S/c1-22-14(24)5-10(8-28-22)16(26)21-12(6-11-7-19-9-20-11)17(27)23-4-2-3-13(23)15(18)25/h8,11-13,19-20H,2-7,9H2,1H3,(H2,18,25)(H,21,26)/t11?,12-,13-/m0/s1. The summed E-state index contributed by atoms with van der Waals surface area (Å²) in [6, 6.07) is -1.42. The van der Waals surface area contributed by atoms with Crippen molar-refractivity contribution in [3.8, 4) is 0 Å². The molecule has 2 fully saturated rings. The van der Waals surface area contributed by atoms with E-state index in [1.165, 1.54) is 9.21 Å². The van der Waals surface area contributed by atoms with E-state index in [0.717, 1.165) is 11.9 Å². The summed E-state index contributed by atoms with van der Waals surface area (Å²) in [5.41, 5.74) is 5.77. The normalized spacial score (nSPS) is 26.2. The highest BCUT2D eigenvalue weighted by atomic mass is 32.2. The smallest absolute Gasteiger partial charge is 0.248 e. The van der Waals surface area contributed by atoms with Crippen molar-refractivity contribution in [1.29, 1.82) is 0 Å². The van der Waals surface area contributed by atoms with Crippen LogP contribution in [-0.4, -0.2) is 77.8 Å². The number of carbonyl (C=O) groups excluding carboxylic acids is 4. The molecule has 3 aliphatic heterocycles. The monoisotopic (exact) mass is 410 g/mol. The lowest BCUT2D eigenvalue weighted by Crippen LogP contribution is -2.54. The number of likely N-dealkylation sites (tertiary alicyclic amines) is 1. The zero-order valence-corrected chi connectivity index (χ0v) is 16.6. The predicted molar refractivity (Wildman–Crippen MR) is 103 cm³/mol. The number of nitrogens with one attached hydrogen (secondary N) is 3. The molecule has 3 aliphatic rings. The minimum atomic E-state index is -0.800. The highest BCUT2D eigenvalue weighted by Gasteiger charge is 2.38. The van der Waals surface area contributed by atoms with Crippen LogP contribution >= 0.6 is 11.9 Å². The second kappa shape index (κ2) is 8.93. The second-order valence-corrected chi connectivity index (χ2v) is 8.20. The van der Waals surface area contributed by atoms with Crippen LogP contribution in [0, 0.1) is 0 Å². The number of hydrogen-bond donors (Lipinski definition) is 4. The lowest BCUT2D eigenvalue weighted by Gasteiger charge is -2.29. The highest BCUT2D eigenvalue weighted by Crippen LogP contribution is 2.23. The molecule has 3 heterocycles. The topological polar surface area (TPSA) is 137 Å². The van der Waals surface area contributed by atoms with E-state index in [1.54, 1.807) is 12.5 Å². The Bertz CT molecular complexity index is 693. The highest BCUT2D eigenvalue weighted by molar-refractivity contribution is 8.00. The molecule has 0 radical (unpaired) electrons. The van der Waals surface area contributed by atoms with Gasteiger partial charge in [-0.1, -0.05) is 0 Å². The third kappa shape index (κ3) is 4.65. The lowest BCUT2D eigenvalue weighted by molar-refractivity contribution is -0.140. The Morgan fingerprint density at radius 3 is 2.86 bits per heavy atom. The first kappa shape index (κ1) is 20.6. The Labute approximate surface area is 167 Å². The maximum absolute atomic E-state index is 13.1. The fourth-order valence-electron chi connectivity index (χ4n) is 3.64. The van der Waals surface area contributed by atoms with Gasteiger partial charge in [0.25, 0.3) is 0 Å². The number of carbonyl (C=O) groups is 4. The minimum absolute atomic E-state index is 0.00684. The van der Waals surface area contributed by atoms with Crippen LogP contribution in [0.4, 0.5) is 0 Å². The Hall–Kier alpha value is -2.11. The summed E-state index contributed by atoms with van der Waals surface area (Å²) in [5, 5.41) is 10.8. The predicted octanol–water partition coefficient (Wildman–Crippen LogP) is -1.75. The molecular formula is C17H26N6O4S. The van der Waals surface area contributed by atoms with Crippen molar-refractivity contribution in [2.45, 2.75) is 43.8 Å². The van der Waals surface area contributed by atoms with Crippen LogP contribution in [0.5, 0.6) is 0 Å². The summed E-state index contributed by atoms with van der Waals surface area (Å²) in [6.45, 7) is 1.76. The van der Waals surface area contributed by atoms with E-state index in [-0.39, 0.29) is 24.3 Å². The molecule has 0 saturated carbocycles. The van der Waals surface area contributed by atoms with Gasteiger partial charge in [0.15, 0.2) is 0 Å². The van der Waals surface area contributed by atoms with Crippen molar-refractivity contribution in [3.05, 3.63) is 11.0 Å². The van der Waals surface area contributed by atoms with Crippen molar-refractivity contribution in [2.75, 3.05) is 26.8 Å². The molecule has 1 unspecified atom stereocenters. The number of nitrogens with zero attached hydrogens (tertiary/aromatic N) is 2. The van der Waals surface area contributed by atoms with Gasteiger partial charge < -0.3 is 26.6 Å². The summed E-state index contributed by atoms with van der Waals surface area (Å²) in [4.78, 5) is 50.9. The van der Waals surface area contributed by atoms with Gasteiger partial charge >= 0.3 is 0 Å². The van der Waals surface area contributed by atoms with Gasteiger partial charge in [0.2, 0.25) is 23.6 Å². The van der Waals surface area contributed by atoms with Crippen LogP contribution in [0.2, 0.25) is 0 Å².